The standard InChI is InChI=1S/C44H47N3O5S/c1-33-18-22-36(23-19-33)31-46(42(30-35-12-6-3-7-13-35)44(49)45-37-14-8-4-9-15-37)43(48)32-47(53(50,51)41-28-20-34(2)21-29-41)38-24-26-40(27-25-38)52-39-16-10-5-11-17-39/h3,5-7,10-13,16-29,37,42H,4,8-9,14-15,30-32H2,1-2H3,(H,45,49)/t42-/m1/s1. The first-order valence-electron chi connectivity index (χ1n) is 18.3. The number of nitrogens with zero attached hydrogens (tertiary/aromatic N) is 2. The van der Waals surface area contributed by atoms with Crippen molar-refractivity contribution < 1.29 is 22.7 Å². The third kappa shape index (κ3) is 9.93. The van der Waals surface area contributed by atoms with E-state index in [4.69, 9.17) is 4.74 Å². The number of carbonyl (C=O) groups is 2. The number of amides is 2. The first kappa shape index (κ1) is 37.4. The average molecular weight is 730 g/mol. The number of carbonyl (C=O) groups excluding carboxylic acids is 2. The maximum atomic E-state index is 14.9. The zero-order valence-electron chi connectivity index (χ0n) is 30.4. The summed E-state index contributed by atoms with van der Waals surface area (Å²) in [5.74, 6) is 0.423. The number of sulfonamides is 1. The Morgan fingerprint density at radius 2 is 1.26 bits per heavy atom. The van der Waals surface area contributed by atoms with Gasteiger partial charge < -0.3 is 15.0 Å². The predicted molar refractivity (Wildman–Crippen MR) is 209 cm³/mol. The molecule has 0 spiro atoms. The SMILES string of the molecule is Cc1ccc(CN(C(=O)CN(c2ccc(Oc3ccccc3)cc2)S(=O)(=O)c2ccc(C)cc2)[C@H](Cc2ccccc2)C(=O)NC2CCCCC2)cc1. The van der Waals surface area contributed by atoms with Crippen LogP contribution in [-0.4, -0.2) is 43.8 Å². The number of hydrogen-bond donors (Lipinski definition) is 1. The van der Waals surface area contributed by atoms with E-state index in [2.05, 4.69) is 5.32 Å². The van der Waals surface area contributed by atoms with Crippen LogP contribution in [0.5, 0.6) is 11.5 Å². The van der Waals surface area contributed by atoms with Crippen LogP contribution in [0.2, 0.25) is 0 Å². The molecule has 0 bridgehead atoms. The van der Waals surface area contributed by atoms with Gasteiger partial charge in [-0.05, 0) is 86.3 Å². The van der Waals surface area contributed by atoms with Crippen molar-refractivity contribution in [1.82, 2.24) is 10.2 Å². The molecule has 1 aliphatic carbocycles. The number of rotatable bonds is 14. The van der Waals surface area contributed by atoms with Crippen molar-refractivity contribution in [2.24, 2.45) is 0 Å². The molecule has 2 amide bonds. The smallest absolute Gasteiger partial charge is 0.264 e. The molecule has 274 valence electrons. The monoisotopic (exact) mass is 729 g/mol. The third-order valence-corrected chi connectivity index (χ3v) is 11.5. The van der Waals surface area contributed by atoms with Crippen LogP contribution >= 0.6 is 0 Å². The summed E-state index contributed by atoms with van der Waals surface area (Å²) < 4.78 is 36.1. The number of benzene rings is 5. The highest BCUT2D eigenvalue weighted by atomic mass is 32.2. The molecule has 53 heavy (non-hydrogen) atoms. The van der Waals surface area contributed by atoms with E-state index >= 15 is 0 Å². The van der Waals surface area contributed by atoms with Crippen molar-refractivity contribution >= 4 is 27.5 Å². The van der Waals surface area contributed by atoms with E-state index in [-0.39, 0.29) is 29.8 Å². The molecule has 5 aromatic rings. The molecule has 0 unspecified atom stereocenters. The quantitative estimate of drug-likeness (QED) is 0.124. The molecule has 6 rings (SSSR count). The second kappa shape index (κ2) is 17.4. The Hall–Kier alpha value is -5.41. The van der Waals surface area contributed by atoms with Gasteiger partial charge in [-0.3, -0.25) is 13.9 Å². The molecule has 5 aromatic carbocycles. The fourth-order valence-electron chi connectivity index (χ4n) is 6.66. The van der Waals surface area contributed by atoms with Crippen molar-refractivity contribution in [3.63, 3.8) is 0 Å². The number of anilines is 1. The Balaban J connectivity index is 1.38. The molecule has 0 saturated heterocycles. The van der Waals surface area contributed by atoms with Crippen LogP contribution in [-0.2, 0) is 32.6 Å². The van der Waals surface area contributed by atoms with Crippen molar-refractivity contribution in [2.75, 3.05) is 10.8 Å². The zero-order valence-corrected chi connectivity index (χ0v) is 31.2. The number of nitrogens with one attached hydrogen (secondary N) is 1. The Bertz CT molecular complexity index is 2050. The van der Waals surface area contributed by atoms with Crippen LogP contribution in [0.4, 0.5) is 5.69 Å². The van der Waals surface area contributed by atoms with Gasteiger partial charge in [0.1, 0.15) is 24.1 Å². The van der Waals surface area contributed by atoms with E-state index in [1.165, 1.54) is 0 Å². The van der Waals surface area contributed by atoms with Crippen LogP contribution in [0.15, 0.2) is 138 Å². The lowest BCUT2D eigenvalue weighted by Gasteiger charge is -2.35. The van der Waals surface area contributed by atoms with Gasteiger partial charge in [-0.1, -0.05) is 115 Å². The molecule has 0 heterocycles. The van der Waals surface area contributed by atoms with Crippen LogP contribution in [0.1, 0.15) is 54.4 Å². The van der Waals surface area contributed by atoms with Crippen LogP contribution in [0.3, 0.4) is 0 Å². The van der Waals surface area contributed by atoms with Crippen molar-refractivity contribution in [1.29, 1.82) is 0 Å². The number of hydrogen-bond acceptors (Lipinski definition) is 5. The largest absolute Gasteiger partial charge is 0.457 e. The van der Waals surface area contributed by atoms with E-state index in [1.54, 1.807) is 53.4 Å². The molecule has 1 aliphatic rings. The Labute approximate surface area is 313 Å². The van der Waals surface area contributed by atoms with Gasteiger partial charge >= 0.3 is 0 Å². The molecule has 9 heteroatoms. The zero-order chi connectivity index (χ0) is 37.2. The van der Waals surface area contributed by atoms with Gasteiger partial charge in [0.15, 0.2) is 0 Å². The maximum Gasteiger partial charge on any atom is 0.264 e. The Morgan fingerprint density at radius 1 is 0.698 bits per heavy atom. The molecule has 0 aromatic heterocycles. The van der Waals surface area contributed by atoms with E-state index < -0.39 is 28.5 Å². The summed E-state index contributed by atoms with van der Waals surface area (Å²) in [7, 11) is -4.23. The second-order valence-electron chi connectivity index (χ2n) is 13.8. The first-order chi connectivity index (χ1) is 25.7. The minimum Gasteiger partial charge on any atom is -0.457 e. The van der Waals surface area contributed by atoms with Crippen LogP contribution in [0, 0.1) is 13.8 Å². The van der Waals surface area contributed by atoms with Gasteiger partial charge in [-0.25, -0.2) is 8.42 Å². The summed E-state index contributed by atoms with van der Waals surface area (Å²) >= 11 is 0. The van der Waals surface area contributed by atoms with Crippen molar-refractivity contribution in [3.05, 3.63) is 156 Å². The van der Waals surface area contributed by atoms with Gasteiger partial charge in [0.25, 0.3) is 10.0 Å². The van der Waals surface area contributed by atoms with Crippen LogP contribution < -0.4 is 14.4 Å². The lowest BCUT2D eigenvalue weighted by Crippen LogP contribution is -2.55. The predicted octanol–water partition coefficient (Wildman–Crippen LogP) is 8.38. The van der Waals surface area contributed by atoms with Gasteiger partial charge in [-0.2, -0.15) is 0 Å². The van der Waals surface area contributed by atoms with Gasteiger partial charge in [-0.15, -0.1) is 0 Å². The normalized spacial score (nSPS) is 13.8. The summed E-state index contributed by atoms with van der Waals surface area (Å²) in [6, 6.07) is 39.1. The molecular weight excluding hydrogens is 683 g/mol. The maximum absolute atomic E-state index is 14.9. The van der Waals surface area contributed by atoms with Crippen LogP contribution in [0.25, 0.3) is 0 Å². The lowest BCUT2D eigenvalue weighted by atomic mass is 9.94. The first-order valence-corrected chi connectivity index (χ1v) is 19.7. The summed E-state index contributed by atoms with van der Waals surface area (Å²) in [6.07, 6.45) is 5.28. The summed E-state index contributed by atoms with van der Waals surface area (Å²) in [5, 5.41) is 3.26. The topological polar surface area (TPSA) is 96.0 Å². The van der Waals surface area contributed by atoms with Crippen molar-refractivity contribution in [2.45, 2.75) is 75.9 Å². The van der Waals surface area contributed by atoms with E-state index in [1.807, 2.05) is 98.8 Å². The molecule has 1 saturated carbocycles. The van der Waals surface area contributed by atoms with E-state index in [0.29, 0.717) is 17.2 Å². The summed E-state index contributed by atoms with van der Waals surface area (Å²) in [5.41, 5.74) is 4.00. The fourth-order valence-corrected chi connectivity index (χ4v) is 8.07. The molecular formula is C44H47N3O5S. The van der Waals surface area contributed by atoms with Crippen molar-refractivity contribution in [3.8, 4) is 11.5 Å². The minimum absolute atomic E-state index is 0.0286. The fraction of sp³-hybridized carbons (Fsp3) is 0.273. The Morgan fingerprint density at radius 3 is 1.89 bits per heavy atom. The summed E-state index contributed by atoms with van der Waals surface area (Å²) in [6.45, 7) is 3.48. The molecule has 1 N–H and O–H groups in total. The lowest BCUT2D eigenvalue weighted by molar-refractivity contribution is -0.140. The molecule has 1 atom stereocenters. The third-order valence-electron chi connectivity index (χ3n) is 9.69. The number of para-hydroxylation sites is 1. The minimum atomic E-state index is -4.23. The van der Waals surface area contributed by atoms with Gasteiger partial charge in [0.2, 0.25) is 11.8 Å². The highest BCUT2D eigenvalue weighted by molar-refractivity contribution is 7.92. The highest BCUT2D eigenvalue weighted by Gasteiger charge is 2.35. The van der Waals surface area contributed by atoms with Gasteiger partial charge in [0, 0.05) is 19.0 Å². The Kier molecular flexibility index (Phi) is 12.3. The number of aryl methyl sites for hydroxylation is 2. The molecule has 1 fully saturated rings. The van der Waals surface area contributed by atoms with E-state index in [9.17, 15) is 18.0 Å². The molecule has 0 radical (unpaired) electrons. The van der Waals surface area contributed by atoms with E-state index in [0.717, 1.165) is 58.7 Å². The summed E-state index contributed by atoms with van der Waals surface area (Å²) in [4.78, 5) is 30.8. The molecule has 0 aliphatic heterocycles. The highest BCUT2D eigenvalue weighted by Crippen LogP contribution is 2.29. The van der Waals surface area contributed by atoms with Gasteiger partial charge in [0.05, 0.1) is 10.6 Å². The molecule has 8 nitrogen and oxygen atoms in total. The number of ether oxygens (including phenoxy) is 1. The second-order valence-corrected chi connectivity index (χ2v) is 15.7. The average Bonchev–Trinajstić information content (AvgIpc) is 3.17.